The summed E-state index contributed by atoms with van der Waals surface area (Å²) in [7, 11) is 0. The number of amides is 2. The average Bonchev–Trinajstić information content (AvgIpc) is 2.79. The Morgan fingerprint density at radius 1 is 1.50 bits per heavy atom. The summed E-state index contributed by atoms with van der Waals surface area (Å²) < 4.78 is 4.78. The Morgan fingerprint density at radius 3 is 2.81 bits per heavy atom. The van der Waals surface area contributed by atoms with Crippen LogP contribution in [0, 0.1) is 0 Å². The van der Waals surface area contributed by atoms with Gasteiger partial charge >= 0.3 is 0 Å². The molecule has 0 bridgehead atoms. The Kier molecular flexibility index (Phi) is 4.57. The lowest BCUT2D eigenvalue weighted by atomic mass is 10.2. The van der Waals surface area contributed by atoms with Crippen LogP contribution in [0.2, 0.25) is 0 Å². The maximum atomic E-state index is 11.5. The van der Waals surface area contributed by atoms with Crippen molar-refractivity contribution in [2.75, 3.05) is 6.54 Å². The molecule has 0 unspecified atom stereocenters. The molecule has 5 heteroatoms. The SMILES string of the molecule is CCCNC(=O)[C@H](C)NC(=O)c1ccoc1. The molecule has 0 fully saturated rings. The maximum Gasteiger partial charge on any atom is 0.255 e. The van der Waals surface area contributed by atoms with Crippen LogP contribution in [0.15, 0.2) is 23.0 Å². The molecule has 0 aliphatic carbocycles. The monoisotopic (exact) mass is 224 g/mol. The molecular weight excluding hydrogens is 208 g/mol. The summed E-state index contributed by atoms with van der Waals surface area (Å²) in [6, 6.07) is 1.00. The number of hydrogen-bond donors (Lipinski definition) is 2. The van der Waals surface area contributed by atoms with E-state index in [1.165, 1.54) is 12.5 Å². The van der Waals surface area contributed by atoms with Crippen molar-refractivity contribution in [2.24, 2.45) is 0 Å². The second-order valence-electron chi connectivity index (χ2n) is 3.50. The third-order valence-corrected chi connectivity index (χ3v) is 2.07. The van der Waals surface area contributed by atoms with Crippen LogP contribution in [0.1, 0.15) is 30.6 Å². The molecule has 0 saturated heterocycles. The molecule has 1 rings (SSSR count). The second kappa shape index (κ2) is 5.95. The Hall–Kier alpha value is -1.78. The number of nitrogens with one attached hydrogen (secondary N) is 2. The molecule has 0 radical (unpaired) electrons. The van der Waals surface area contributed by atoms with Gasteiger partial charge in [0, 0.05) is 6.54 Å². The molecule has 0 aliphatic heterocycles. The van der Waals surface area contributed by atoms with Gasteiger partial charge in [-0.15, -0.1) is 0 Å². The molecular formula is C11H16N2O3. The van der Waals surface area contributed by atoms with Gasteiger partial charge in [-0.25, -0.2) is 0 Å². The first-order valence-corrected chi connectivity index (χ1v) is 5.26. The van der Waals surface area contributed by atoms with E-state index in [1.54, 1.807) is 13.0 Å². The van der Waals surface area contributed by atoms with Crippen molar-refractivity contribution in [3.05, 3.63) is 24.2 Å². The zero-order chi connectivity index (χ0) is 12.0. The smallest absolute Gasteiger partial charge is 0.255 e. The zero-order valence-corrected chi connectivity index (χ0v) is 9.45. The fourth-order valence-corrected chi connectivity index (χ4v) is 1.14. The number of hydrogen-bond acceptors (Lipinski definition) is 3. The van der Waals surface area contributed by atoms with E-state index in [2.05, 4.69) is 10.6 Å². The average molecular weight is 224 g/mol. The molecule has 1 atom stereocenters. The van der Waals surface area contributed by atoms with Crippen LogP contribution in [-0.4, -0.2) is 24.4 Å². The lowest BCUT2D eigenvalue weighted by molar-refractivity contribution is -0.122. The van der Waals surface area contributed by atoms with Gasteiger partial charge in [-0.1, -0.05) is 6.92 Å². The van der Waals surface area contributed by atoms with Crippen LogP contribution in [0.25, 0.3) is 0 Å². The van der Waals surface area contributed by atoms with Crippen molar-refractivity contribution in [3.8, 4) is 0 Å². The fourth-order valence-electron chi connectivity index (χ4n) is 1.14. The van der Waals surface area contributed by atoms with Gasteiger partial charge in [0.25, 0.3) is 5.91 Å². The molecule has 0 saturated carbocycles. The molecule has 0 spiro atoms. The summed E-state index contributed by atoms with van der Waals surface area (Å²) in [6.45, 7) is 4.22. The predicted octanol–water partition coefficient (Wildman–Crippen LogP) is 0.924. The highest BCUT2D eigenvalue weighted by molar-refractivity contribution is 5.97. The normalized spacial score (nSPS) is 11.9. The first kappa shape index (κ1) is 12.3. The van der Waals surface area contributed by atoms with E-state index in [1.807, 2.05) is 6.92 Å². The van der Waals surface area contributed by atoms with E-state index in [9.17, 15) is 9.59 Å². The highest BCUT2D eigenvalue weighted by Gasteiger charge is 2.16. The standard InChI is InChI=1S/C11H16N2O3/c1-3-5-12-10(14)8(2)13-11(15)9-4-6-16-7-9/h4,6-8H,3,5H2,1-2H3,(H,12,14)(H,13,15)/t8-/m0/s1. The summed E-state index contributed by atoms with van der Waals surface area (Å²) in [5.74, 6) is -0.494. The largest absolute Gasteiger partial charge is 0.472 e. The summed E-state index contributed by atoms with van der Waals surface area (Å²) in [6.07, 6.45) is 3.62. The fraction of sp³-hybridized carbons (Fsp3) is 0.455. The van der Waals surface area contributed by atoms with Crippen LogP contribution in [-0.2, 0) is 4.79 Å². The summed E-state index contributed by atoms with van der Waals surface area (Å²) >= 11 is 0. The Bertz CT molecular complexity index is 346. The van der Waals surface area contributed by atoms with Crippen LogP contribution in [0.4, 0.5) is 0 Å². The molecule has 1 aromatic heterocycles. The van der Waals surface area contributed by atoms with Gasteiger partial charge in [0.2, 0.25) is 5.91 Å². The molecule has 0 aromatic carbocycles. The van der Waals surface area contributed by atoms with Crippen LogP contribution in [0.3, 0.4) is 0 Å². The molecule has 0 aliphatic rings. The van der Waals surface area contributed by atoms with E-state index in [0.29, 0.717) is 12.1 Å². The Morgan fingerprint density at radius 2 is 2.25 bits per heavy atom. The maximum absolute atomic E-state index is 11.5. The van der Waals surface area contributed by atoms with Crippen molar-refractivity contribution < 1.29 is 14.0 Å². The first-order chi connectivity index (χ1) is 7.65. The molecule has 5 nitrogen and oxygen atoms in total. The molecule has 16 heavy (non-hydrogen) atoms. The highest BCUT2D eigenvalue weighted by Crippen LogP contribution is 1.99. The molecule has 2 N–H and O–H groups in total. The number of carbonyl (C=O) groups excluding carboxylic acids is 2. The van der Waals surface area contributed by atoms with Crippen molar-refractivity contribution in [1.82, 2.24) is 10.6 Å². The topological polar surface area (TPSA) is 71.3 Å². The van der Waals surface area contributed by atoms with Gasteiger partial charge < -0.3 is 15.1 Å². The molecule has 1 heterocycles. The van der Waals surface area contributed by atoms with Gasteiger partial charge in [-0.05, 0) is 19.4 Å². The van der Waals surface area contributed by atoms with E-state index in [-0.39, 0.29) is 11.8 Å². The minimum Gasteiger partial charge on any atom is -0.472 e. The Balaban J connectivity index is 2.42. The van der Waals surface area contributed by atoms with Gasteiger partial charge in [0.15, 0.2) is 0 Å². The van der Waals surface area contributed by atoms with Crippen molar-refractivity contribution in [1.29, 1.82) is 0 Å². The van der Waals surface area contributed by atoms with Crippen molar-refractivity contribution in [2.45, 2.75) is 26.3 Å². The summed E-state index contributed by atoms with van der Waals surface area (Å²) in [4.78, 5) is 23.0. The van der Waals surface area contributed by atoms with Crippen LogP contribution >= 0.6 is 0 Å². The number of rotatable bonds is 5. The van der Waals surface area contributed by atoms with E-state index in [0.717, 1.165) is 6.42 Å². The molecule has 88 valence electrons. The van der Waals surface area contributed by atoms with Gasteiger partial charge in [-0.2, -0.15) is 0 Å². The van der Waals surface area contributed by atoms with Gasteiger partial charge in [0.1, 0.15) is 12.3 Å². The van der Waals surface area contributed by atoms with Crippen molar-refractivity contribution in [3.63, 3.8) is 0 Å². The number of furan rings is 1. The third kappa shape index (κ3) is 3.42. The summed E-state index contributed by atoms with van der Waals surface area (Å²) in [5, 5.41) is 5.29. The minimum absolute atomic E-state index is 0.182. The van der Waals surface area contributed by atoms with Crippen molar-refractivity contribution >= 4 is 11.8 Å². The first-order valence-electron chi connectivity index (χ1n) is 5.26. The number of carbonyl (C=O) groups is 2. The quantitative estimate of drug-likeness (QED) is 0.781. The van der Waals surface area contributed by atoms with E-state index < -0.39 is 6.04 Å². The van der Waals surface area contributed by atoms with Gasteiger partial charge in [-0.3, -0.25) is 9.59 Å². The van der Waals surface area contributed by atoms with Crippen LogP contribution < -0.4 is 10.6 Å². The molecule has 2 amide bonds. The zero-order valence-electron chi connectivity index (χ0n) is 9.45. The lowest BCUT2D eigenvalue weighted by Gasteiger charge is -2.12. The molecule has 1 aromatic rings. The predicted molar refractivity (Wildman–Crippen MR) is 58.9 cm³/mol. The van der Waals surface area contributed by atoms with Crippen LogP contribution in [0.5, 0.6) is 0 Å². The summed E-state index contributed by atoms with van der Waals surface area (Å²) in [5.41, 5.74) is 0.412. The third-order valence-electron chi connectivity index (χ3n) is 2.07. The lowest BCUT2D eigenvalue weighted by Crippen LogP contribution is -2.44. The van der Waals surface area contributed by atoms with E-state index in [4.69, 9.17) is 4.42 Å². The minimum atomic E-state index is -0.547. The second-order valence-corrected chi connectivity index (χ2v) is 3.50. The van der Waals surface area contributed by atoms with Gasteiger partial charge in [0.05, 0.1) is 11.8 Å². The highest BCUT2D eigenvalue weighted by atomic mass is 16.3. The Labute approximate surface area is 94.2 Å². The van der Waals surface area contributed by atoms with E-state index >= 15 is 0 Å².